The number of methoxy groups -OCH3 is 1. The van der Waals surface area contributed by atoms with Gasteiger partial charge in [0.05, 0.1) is 12.1 Å². The number of pyridine rings is 1. The van der Waals surface area contributed by atoms with Gasteiger partial charge in [0.15, 0.2) is 5.82 Å². The van der Waals surface area contributed by atoms with E-state index in [1.165, 1.54) is 12.1 Å². The van der Waals surface area contributed by atoms with E-state index >= 15 is 0 Å². The molecular weight excluding hydrogens is 464 g/mol. The van der Waals surface area contributed by atoms with Crippen LogP contribution in [0.1, 0.15) is 27.3 Å². The van der Waals surface area contributed by atoms with Gasteiger partial charge in [-0.25, -0.2) is 13.8 Å². The molecule has 1 saturated heterocycles. The van der Waals surface area contributed by atoms with Crippen molar-refractivity contribution < 1.29 is 18.3 Å². The number of halogens is 3. The molecule has 0 saturated carbocycles. The molecule has 7 nitrogen and oxygen atoms in total. The third-order valence-electron chi connectivity index (χ3n) is 6.39. The molecule has 0 aliphatic carbocycles. The van der Waals surface area contributed by atoms with Crippen molar-refractivity contribution >= 4 is 35.0 Å². The fraction of sp³-hybridized carbons (Fsp3) is 0.417. The fourth-order valence-electron chi connectivity index (χ4n) is 4.19. The topological polar surface area (TPSA) is 71.4 Å². The van der Waals surface area contributed by atoms with E-state index in [9.17, 15) is 13.6 Å². The number of likely N-dealkylation sites (N-methyl/N-ethyl adjacent to an activating group) is 1. The Balaban J connectivity index is 0.00000324. The monoisotopic (exact) mass is 493 g/mol. The van der Waals surface area contributed by atoms with Gasteiger partial charge >= 0.3 is 0 Å². The van der Waals surface area contributed by atoms with E-state index in [2.05, 4.69) is 20.2 Å². The first-order valence-electron chi connectivity index (χ1n) is 11.0. The summed E-state index contributed by atoms with van der Waals surface area (Å²) in [6.07, 6.45) is 0. The van der Waals surface area contributed by atoms with Crippen LogP contribution in [-0.2, 0) is 17.8 Å². The molecule has 2 N–H and O–H groups in total. The molecule has 10 heteroatoms. The molecule has 3 heterocycles. The zero-order valence-corrected chi connectivity index (χ0v) is 20.6. The van der Waals surface area contributed by atoms with Gasteiger partial charge in [0, 0.05) is 62.0 Å². The Hall–Kier alpha value is -2.75. The highest BCUT2D eigenvalue weighted by Gasteiger charge is 2.31. The smallest absolute Gasteiger partial charge is 0.272 e. The highest BCUT2D eigenvalue weighted by molar-refractivity contribution is 6.01. The number of anilines is 1. The molecule has 1 aliphatic rings. The number of hydrogen-bond acceptors (Lipinski definition) is 5. The van der Waals surface area contributed by atoms with Crippen LogP contribution in [0, 0.1) is 25.5 Å². The molecule has 1 aliphatic heterocycles. The largest absolute Gasteiger partial charge is 0.383 e. The van der Waals surface area contributed by atoms with E-state index in [-0.39, 0.29) is 30.9 Å². The fourth-order valence-corrected chi connectivity index (χ4v) is 4.19. The van der Waals surface area contributed by atoms with Crippen LogP contribution in [0.2, 0.25) is 0 Å². The second-order valence-electron chi connectivity index (χ2n) is 8.39. The molecule has 1 aromatic carbocycles. The molecule has 1 fully saturated rings. The summed E-state index contributed by atoms with van der Waals surface area (Å²) in [5.41, 5.74) is 3.57. The number of hydrogen-bond donors (Lipinski definition) is 2. The maximum absolute atomic E-state index is 14.2. The van der Waals surface area contributed by atoms with E-state index in [4.69, 9.17) is 4.74 Å². The van der Waals surface area contributed by atoms with Crippen LogP contribution >= 0.6 is 12.4 Å². The van der Waals surface area contributed by atoms with Crippen LogP contribution in [-0.4, -0.2) is 60.3 Å². The number of aromatic nitrogens is 2. The van der Waals surface area contributed by atoms with E-state index in [0.717, 1.165) is 28.2 Å². The van der Waals surface area contributed by atoms with Gasteiger partial charge in [0.1, 0.15) is 17.3 Å². The minimum atomic E-state index is -0.633. The van der Waals surface area contributed by atoms with Gasteiger partial charge < -0.3 is 24.8 Å². The number of nitrogens with one attached hydrogen (secondary N) is 2. The van der Waals surface area contributed by atoms with Crippen molar-refractivity contribution in [3.63, 3.8) is 0 Å². The predicted molar refractivity (Wildman–Crippen MR) is 131 cm³/mol. The highest BCUT2D eigenvalue weighted by atomic mass is 35.5. The molecular formula is C24H30ClF2N5O2. The first-order valence-corrected chi connectivity index (χ1v) is 11.0. The van der Waals surface area contributed by atoms with E-state index in [1.54, 1.807) is 12.0 Å². The van der Waals surface area contributed by atoms with Gasteiger partial charge in [-0.3, -0.25) is 4.79 Å². The molecule has 2 aromatic heterocycles. The third-order valence-corrected chi connectivity index (χ3v) is 6.39. The summed E-state index contributed by atoms with van der Waals surface area (Å²) >= 11 is 0. The summed E-state index contributed by atoms with van der Waals surface area (Å²) < 4.78 is 34.9. The lowest BCUT2D eigenvalue weighted by atomic mass is 10.1. The second kappa shape index (κ2) is 10.7. The van der Waals surface area contributed by atoms with Crippen molar-refractivity contribution in [2.75, 3.05) is 39.2 Å². The number of fused-ring (bicyclic) bond motifs is 1. The lowest BCUT2D eigenvalue weighted by Crippen LogP contribution is -2.59. The Kier molecular flexibility index (Phi) is 8.12. The van der Waals surface area contributed by atoms with E-state index in [0.29, 0.717) is 43.3 Å². The van der Waals surface area contributed by atoms with Crippen LogP contribution in [0.4, 0.5) is 14.6 Å². The third kappa shape index (κ3) is 4.87. The molecule has 0 atom stereocenters. The average Bonchev–Trinajstić information content (AvgIpc) is 3.00. The number of likely N-dealkylation sites (tertiary alicyclic amines) is 1. The Morgan fingerprint density at radius 1 is 1.24 bits per heavy atom. The van der Waals surface area contributed by atoms with Gasteiger partial charge in [0.25, 0.3) is 5.91 Å². The Bertz CT molecular complexity index is 1190. The Labute approximate surface area is 203 Å². The zero-order chi connectivity index (χ0) is 23.7. The van der Waals surface area contributed by atoms with Gasteiger partial charge in [-0.1, -0.05) is 6.07 Å². The molecule has 184 valence electrons. The number of amides is 1. The minimum absolute atomic E-state index is 0. The van der Waals surface area contributed by atoms with Crippen molar-refractivity contribution in [3.8, 4) is 0 Å². The SMILES string of the molecule is CNC1CN(C(=O)c2cc3c(C)c(C)n(CCOC)c3c(NCc3ccc(F)cc3F)n2)C1.Cl. The summed E-state index contributed by atoms with van der Waals surface area (Å²) in [5, 5.41) is 7.27. The van der Waals surface area contributed by atoms with Crippen LogP contribution in [0.15, 0.2) is 24.3 Å². The molecule has 0 bridgehead atoms. The van der Waals surface area contributed by atoms with Crippen molar-refractivity contribution in [1.29, 1.82) is 0 Å². The normalized spacial score (nSPS) is 13.6. The number of nitrogens with zero attached hydrogens (tertiary/aromatic N) is 3. The maximum atomic E-state index is 14.2. The quantitative estimate of drug-likeness (QED) is 0.501. The number of benzene rings is 1. The van der Waals surface area contributed by atoms with E-state index in [1.807, 2.05) is 27.0 Å². The summed E-state index contributed by atoms with van der Waals surface area (Å²) in [6, 6.07) is 5.61. The van der Waals surface area contributed by atoms with Crippen LogP contribution < -0.4 is 10.6 Å². The Morgan fingerprint density at radius 3 is 2.62 bits per heavy atom. The Morgan fingerprint density at radius 2 is 1.97 bits per heavy atom. The van der Waals surface area contributed by atoms with Gasteiger partial charge in [-0.2, -0.15) is 0 Å². The molecule has 34 heavy (non-hydrogen) atoms. The highest BCUT2D eigenvalue weighted by Crippen LogP contribution is 2.32. The van der Waals surface area contributed by atoms with E-state index < -0.39 is 11.6 Å². The zero-order valence-electron chi connectivity index (χ0n) is 19.7. The van der Waals surface area contributed by atoms with Crippen LogP contribution in [0.25, 0.3) is 10.9 Å². The lowest BCUT2D eigenvalue weighted by molar-refractivity contribution is 0.0571. The standard InChI is InChI=1S/C24H29F2N5O2.ClH/c1-14-15(2)31(7-8-33-4)22-19(14)10-21(24(32)30-12-18(13-30)27-3)29-23(22)28-11-16-5-6-17(25)9-20(16)26;/h5-6,9-10,18,27H,7-8,11-13H2,1-4H3,(H,28,29);1H. The molecule has 1 amide bonds. The predicted octanol–water partition coefficient (Wildman–Crippen LogP) is 3.66. The number of carbonyl (C=O) groups excluding carboxylic acids is 1. The molecule has 0 radical (unpaired) electrons. The number of aryl methyl sites for hydroxylation is 1. The first kappa shape index (κ1) is 25.9. The van der Waals surface area contributed by atoms with Crippen molar-refractivity contribution in [2.24, 2.45) is 0 Å². The second-order valence-corrected chi connectivity index (χ2v) is 8.39. The maximum Gasteiger partial charge on any atom is 0.272 e. The van der Waals surface area contributed by atoms with Crippen LogP contribution in [0.3, 0.4) is 0 Å². The summed E-state index contributed by atoms with van der Waals surface area (Å²) in [7, 11) is 3.52. The number of carbonyl (C=O) groups is 1. The molecule has 4 rings (SSSR count). The molecule has 3 aromatic rings. The summed E-state index contributed by atoms with van der Waals surface area (Å²) in [4.78, 5) is 19.5. The number of ether oxygens (including phenoxy) is 1. The number of rotatable bonds is 8. The summed E-state index contributed by atoms with van der Waals surface area (Å²) in [5.74, 6) is -0.913. The molecule has 0 unspecified atom stereocenters. The summed E-state index contributed by atoms with van der Waals surface area (Å²) in [6.45, 7) is 6.51. The first-order chi connectivity index (χ1) is 15.8. The van der Waals surface area contributed by atoms with Crippen molar-refractivity contribution in [1.82, 2.24) is 19.8 Å². The molecule has 0 spiro atoms. The van der Waals surface area contributed by atoms with Gasteiger partial charge in [0.2, 0.25) is 0 Å². The minimum Gasteiger partial charge on any atom is -0.383 e. The van der Waals surface area contributed by atoms with Crippen molar-refractivity contribution in [3.05, 3.63) is 58.4 Å². The van der Waals surface area contributed by atoms with Gasteiger partial charge in [-0.05, 0) is 38.6 Å². The lowest BCUT2D eigenvalue weighted by Gasteiger charge is -2.38. The average molecular weight is 494 g/mol. The van der Waals surface area contributed by atoms with Crippen molar-refractivity contribution in [2.45, 2.75) is 33.0 Å². The van der Waals surface area contributed by atoms with Crippen LogP contribution in [0.5, 0.6) is 0 Å². The van der Waals surface area contributed by atoms with Gasteiger partial charge in [-0.15, -0.1) is 12.4 Å².